The van der Waals surface area contributed by atoms with Gasteiger partial charge < -0.3 is 9.88 Å². The van der Waals surface area contributed by atoms with Crippen LogP contribution in [-0.2, 0) is 11.8 Å². The van der Waals surface area contributed by atoms with Gasteiger partial charge in [0.2, 0.25) is 0 Å². The van der Waals surface area contributed by atoms with Gasteiger partial charge in [-0.15, -0.1) is 0 Å². The highest BCUT2D eigenvalue weighted by molar-refractivity contribution is 5.75. The number of hydrogen-bond donors (Lipinski definition) is 1. The van der Waals surface area contributed by atoms with Gasteiger partial charge in [0.05, 0.1) is 28.1 Å². The van der Waals surface area contributed by atoms with Crippen molar-refractivity contribution in [2.45, 2.75) is 43.6 Å². The molecule has 0 amide bonds. The Balaban J connectivity index is 1.72. The van der Waals surface area contributed by atoms with Gasteiger partial charge in [0.15, 0.2) is 0 Å². The first-order valence-corrected chi connectivity index (χ1v) is 10.0. The summed E-state index contributed by atoms with van der Waals surface area (Å²) in [5.41, 5.74) is 2.80. The molecular weight excluding hydrogens is 366 g/mol. The van der Waals surface area contributed by atoms with Crippen molar-refractivity contribution in [1.82, 2.24) is 9.97 Å². The minimum Gasteiger partial charge on any atom is -0.366 e. The van der Waals surface area contributed by atoms with Gasteiger partial charge in [0.25, 0.3) is 5.69 Å². The molecule has 1 N–H and O–H groups in total. The Morgan fingerprint density at radius 2 is 2.10 bits per heavy atom. The number of nitrogens with zero attached hydrogens (tertiary/aromatic N) is 4. The van der Waals surface area contributed by atoms with Gasteiger partial charge in [-0.2, -0.15) is 5.26 Å². The maximum absolute atomic E-state index is 11.4. The molecule has 1 aromatic heterocycles. The van der Waals surface area contributed by atoms with Crippen LogP contribution < -0.4 is 4.90 Å². The lowest BCUT2D eigenvalue weighted by atomic mass is 9.70. The first-order valence-electron chi connectivity index (χ1n) is 10.0. The Morgan fingerprint density at radius 3 is 2.90 bits per heavy atom. The van der Waals surface area contributed by atoms with E-state index in [0.717, 1.165) is 54.5 Å². The van der Waals surface area contributed by atoms with E-state index >= 15 is 0 Å². The number of nitrogens with one attached hydrogen (secondary N) is 1. The number of hydrogen-bond acceptors (Lipinski definition) is 5. The molecule has 2 atom stereocenters. The summed E-state index contributed by atoms with van der Waals surface area (Å²) in [7, 11) is 0. The summed E-state index contributed by atoms with van der Waals surface area (Å²) < 4.78 is 0. The molecule has 0 unspecified atom stereocenters. The van der Waals surface area contributed by atoms with Crippen molar-refractivity contribution in [2.24, 2.45) is 0 Å². The lowest BCUT2D eigenvalue weighted by molar-refractivity contribution is -0.384. The second-order valence-corrected chi connectivity index (χ2v) is 7.99. The molecule has 7 nitrogen and oxygen atoms in total. The van der Waals surface area contributed by atoms with Crippen molar-refractivity contribution in [2.75, 3.05) is 11.4 Å². The van der Waals surface area contributed by atoms with E-state index in [1.807, 2.05) is 30.3 Å². The van der Waals surface area contributed by atoms with Crippen molar-refractivity contribution in [1.29, 1.82) is 5.26 Å². The van der Waals surface area contributed by atoms with Crippen molar-refractivity contribution < 1.29 is 4.92 Å². The number of benzene rings is 2. The molecule has 2 aliphatic heterocycles. The average molecular weight is 387 g/mol. The number of H-pyrrole nitrogens is 1. The largest absolute Gasteiger partial charge is 0.366 e. The molecule has 0 spiro atoms. The molecule has 2 aliphatic rings. The summed E-state index contributed by atoms with van der Waals surface area (Å²) in [6.07, 6.45) is 4.56. The van der Waals surface area contributed by atoms with E-state index in [4.69, 9.17) is 4.98 Å². The van der Waals surface area contributed by atoms with Crippen molar-refractivity contribution in [3.63, 3.8) is 0 Å². The van der Waals surface area contributed by atoms with Gasteiger partial charge in [-0.3, -0.25) is 10.1 Å². The normalized spacial score (nSPS) is 23.7. The molecule has 0 aliphatic carbocycles. The number of non-ortho nitro benzene ring substituents is 1. The van der Waals surface area contributed by atoms with Gasteiger partial charge in [0, 0.05) is 30.8 Å². The molecule has 0 bridgehead atoms. The lowest BCUT2D eigenvalue weighted by Gasteiger charge is -2.46. The molecule has 1 saturated heterocycles. The van der Waals surface area contributed by atoms with Crippen LogP contribution in [0, 0.1) is 21.4 Å². The summed E-state index contributed by atoms with van der Waals surface area (Å²) in [4.78, 5) is 21.5. The fourth-order valence-electron chi connectivity index (χ4n) is 5.01. The SMILES string of the molecule is N#C[C@]1(c2nc3ccccc3[nH]2)Cc2cc([N+](=O)[O-])ccc2N2CCCCC[C@@H]21. The van der Waals surface area contributed by atoms with Crippen LogP contribution in [0.4, 0.5) is 11.4 Å². The predicted molar refractivity (Wildman–Crippen MR) is 110 cm³/mol. The van der Waals surface area contributed by atoms with Crippen molar-refractivity contribution >= 4 is 22.4 Å². The Morgan fingerprint density at radius 1 is 1.24 bits per heavy atom. The van der Waals surface area contributed by atoms with Gasteiger partial charge >= 0.3 is 0 Å². The van der Waals surface area contributed by atoms with Crippen LogP contribution >= 0.6 is 0 Å². The summed E-state index contributed by atoms with van der Waals surface area (Å²) in [5, 5.41) is 21.8. The highest BCUT2D eigenvalue weighted by Crippen LogP contribution is 2.46. The molecular formula is C22H21N5O2. The number of anilines is 1. The topological polar surface area (TPSA) is 98.8 Å². The lowest BCUT2D eigenvalue weighted by Crippen LogP contribution is -2.55. The van der Waals surface area contributed by atoms with Crippen molar-refractivity contribution in [3.05, 3.63) is 64.0 Å². The number of aromatic nitrogens is 2. The zero-order valence-electron chi connectivity index (χ0n) is 16.0. The standard InChI is InChI=1S/C22H21N5O2/c23-14-22(21-24-17-6-3-4-7-18(17)25-21)13-15-12-16(27(28)29)9-10-19(15)26-11-5-1-2-8-20(22)26/h3-4,6-7,9-10,12,20H,1-2,5,8,11,13H2,(H,24,25)/t20-,22-/m1/s1. The second-order valence-electron chi connectivity index (χ2n) is 7.99. The molecule has 5 rings (SSSR count). The highest BCUT2D eigenvalue weighted by Gasteiger charge is 2.50. The Hall–Kier alpha value is -3.40. The van der Waals surface area contributed by atoms with E-state index < -0.39 is 5.41 Å². The number of imidazole rings is 1. The van der Waals surface area contributed by atoms with E-state index in [1.165, 1.54) is 0 Å². The van der Waals surface area contributed by atoms with Gasteiger partial charge in [-0.1, -0.05) is 25.0 Å². The summed E-state index contributed by atoms with van der Waals surface area (Å²) in [5.74, 6) is 0.662. The van der Waals surface area contributed by atoms with E-state index in [1.54, 1.807) is 12.1 Å². The van der Waals surface area contributed by atoms with Crippen molar-refractivity contribution in [3.8, 4) is 6.07 Å². The number of nitro groups is 1. The molecule has 3 aromatic rings. The number of nitro benzene ring substituents is 1. The smallest absolute Gasteiger partial charge is 0.269 e. The minimum atomic E-state index is -0.869. The molecule has 0 radical (unpaired) electrons. The zero-order chi connectivity index (χ0) is 20.0. The van der Waals surface area contributed by atoms with E-state index in [2.05, 4.69) is 16.0 Å². The molecule has 7 heteroatoms. The number of rotatable bonds is 2. The van der Waals surface area contributed by atoms with Gasteiger partial charge in [0.1, 0.15) is 11.2 Å². The minimum absolute atomic E-state index is 0.00971. The Kier molecular flexibility index (Phi) is 4.02. The number of fused-ring (bicyclic) bond motifs is 4. The number of para-hydroxylation sites is 2. The van der Waals surface area contributed by atoms with Crippen LogP contribution in [-0.4, -0.2) is 27.5 Å². The Bertz CT molecular complexity index is 1110. The van der Waals surface area contributed by atoms with Crippen LogP contribution in [0.2, 0.25) is 0 Å². The predicted octanol–water partition coefficient (Wildman–Crippen LogP) is 4.24. The third-order valence-corrected chi connectivity index (χ3v) is 6.39. The van der Waals surface area contributed by atoms with Crippen LogP contribution in [0.5, 0.6) is 0 Å². The monoisotopic (exact) mass is 387 g/mol. The fourth-order valence-corrected chi connectivity index (χ4v) is 5.01. The third-order valence-electron chi connectivity index (χ3n) is 6.39. The fraction of sp³-hybridized carbons (Fsp3) is 0.364. The van der Waals surface area contributed by atoms with E-state index in [-0.39, 0.29) is 16.7 Å². The van der Waals surface area contributed by atoms with E-state index in [9.17, 15) is 15.4 Å². The highest BCUT2D eigenvalue weighted by atomic mass is 16.6. The maximum atomic E-state index is 11.4. The second kappa shape index (κ2) is 6.59. The molecule has 0 saturated carbocycles. The van der Waals surface area contributed by atoms with Crippen LogP contribution in [0.3, 0.4) is 0 Å². The van der Waals surface area contributed by atoms with Crippen LogP contribution in [0.1, 0.15) is 37.1 Å². The first kappa shape index (κ1) is 17.7. The van der Waals surface area contributed by atoms with Crippen LogP contribution in [0.15, 0.2) is 42.5 Å². The van der Waals surface area contributed by atoms with E-state index in [0.29, 0.717) is 12.2 Å². The molecule has 1 fully saturated rings. The third kappa shape index (κ3) is 2.67. The zero-order valence-corrected chi connectivity index (χ0v) is 16.0. The average Bonchev–Trinajstić information content (AvgIpc) is 3.02. The molecule has 146 valence electrons. The first-order chi connectivity index (χ1) is 14.1. The maximum Gasteiger partial charge on any atom is 0.269 e. The molecule has 29 heavy (non-hydrogen) atoms. The van der Waals surface area contributed by atoms with Gasteiger partial charge in [-0.05, 0) is 36.6 Å². The molecule has 2 aromatic carbocycles. The summed E-state index contributed by atoms with van der Waals surface area (Å²) in [6, 6.07) is 15.4. The quantitative estimate of drug-likeness (QED) is 0.524. The Labute approximate surface area is 168 Å². The number of aromatic amines is 1. The summed E-state index contributed by atoms with van der Waals surface area (Å²) in [6.45, 7) is 0.846. The number of nitriles is 1. The summed E-state index contributed by atoms with van der Waals surface area (Å²) >= 11 is 0. The molecule has 3 heterocycles. The van der Waals surface area contributed by atoms with Crippen LogP contribution in [0.25, 0.3) is 11.0 Å². The van der Waals surface area contributed by atoms with Gasteiger partial charge in [-0.25, -0.2) is 4.98 Å².